The maximum atomic E-state index is 12.0. The Morgan fingerprint density at radius 1 is 1.21 bits per heavy atom. The van der Waals surface area contributed by atoms with Crippen molar-refractivity contribution in [2.45, 2.75) is 13.5 Å². The molecule has 0 heterocycles. The number of carbonyl (C=O) groups excluding carboxylic acids is 2. The van der Waals surface area contributed by atoms with Gasteiger partial charge >= 0.3 is 5.97 Å². The van der Waals surface area contributed by atoms with Crippen molar-refractivity contribution >= 4 is 40.8 Å². The third kappa shape index (κ3) is 4.63. The number of ether oxygens (including phenoxy) is 1. The number of hydrogen-bond acceptors (Lipinski definition) is 4. The first-order valence-corrected chi connectivity index (χ1v) is 7.87. The predicted molar refractivity (Wildman–Crippen MR) is 94.2 cm³/mol. The third-order valence-corrected chi connectivity index (χ3v) is 3.96. The van der Waals surface area contributed by atoms with Crippen molar-refractivity contribution in [3.8, 4) is 0 Å². The molecule has 0 aliphatic rings. The molecule has 24 heavy (non-hydrogen) atoms. The number of para-hydroxylation sites is 1. The second kappa shape index (κ2) is 8.04. The smallest absolute Gasteiger partial charge is 0.340 e. The van der Waals surface area contributed by atoms with Gasteiger partial charge in [0.2, 0.25) is 0 Å². The van der Waals surface area contributed by atoms with Crippen LogP contribution in [0.1, 0.15) is 21.5 Å². The molecule has 7 heteroatoms. The van der Waals surface area contributed by atoms with Crippen LogP contribution in [0, 0.1) is 6.92 Å². The van der Waals surface area contributed by atoms with Crippen LogP contribution in [0.4, 0.5) is 5.69 Å². The molecule has 0 aliphatic heterocycles. The molecule has 2 aromatic rings. The summed E-state index contributed by atoms with van der Waals surface area (Å²) in [4.78, 5) is 23.8. The lowest BCUT2D eigenvalue weighted by atomic mass is 10.1. The van der Waals surface area contributed by atoms with Gasteiger partial charge in [0.05, 0.1) is 5.56 Å². The number of nitrogens with two attached hydrogens (primary N) is 1. The standard InChI is InChI=1S/C17H16Cl2N2O3/c1-10-3-2-4-13(16(10)20)17(23)24-9-15(22)21-8-11-5-6-12(18)7-14(11)19/h2-7H,8-9,20H2,1H3,(H,21,22). The van der Waals surface area contributed by atoms with E-state index in [0.717, 1.165) is 5.56 Å². The van der Waals surface area contributed by atoms with E-state index in [2.05, 4.69) is 5.32 Å². The van der Waals surface area contributed by atoms with Gasteiger partial charge in [0.25, 0.3) is 5.91 Å². The van der Waals surface area contributed by atoms with Crippen LogP contribution < -0.4 is 11.1 Å². The van der Waals surface area contributed by atoms with Crippen LogP contribution >= 0.6 is 23.2 Å². The molecule has 0 saturated carbocycles. The lowest BCUT2D eigenvalue weighted by Gasteiger charge is -2.10. The van der Waals surface area contributed by atoms with Gasteiger partial charge in [-0.1, -0.05) is 41.4 Å². The minimum absolute atomic E-state index is 0.207. The highest BCUT2D eigenvalue weighted by Gasteiger charge is 2.14. The van der Waals surface area contributed by atoms with Crippen molar-refractivity contribution in [3.63, 3.8) is 0 Å². The molecule has 0 aromatic heterocycles. The van der Waals surface area contributed by atoms with Crippen LogP contribution in [-0.2, 0) is 16.1 Å². The van der Waals surface area contributed by atoms with E-state index in [1.54, 1.807) is 43.3 Å². The topological polar surface area (TPSA) is 81.4 Å². The summed E-state index contributed by atoms with van der Waals surface area (Å²) in [6, 6.07) is 10.0. The fourth-order valence-corrected chi connectivity index (χ4v) is 2.45. The first-order chi connectivity index (χ1) is 11.4. The Hall–Kier alpha value is -2.24. The van der Waals surface area contributed by atoms with Crippen molar-refractivity contribution in [1.29, 1.82) is 0 Å². The zero-order valence-electron chi connectivity index (χ0n) is 12.9. The number of nitrogens with one attached hydrogen (secondary N) is 1. The highest BCUT2D eigenvalue weighted by atomic mass is 35.5. The van der Waals surface area contributed by atoms with E-state index in [1.807, 2.05) is 0 Å². The molecular weight excluding hydrogens is 351 g/mol. The Bertz CT molecular complexity index is 778. The summed E-state index contributed by atoms with van der Waals surface area (Å²) in [7, 11) is 0. The molecule has 2 aromatic carbocycles. The summed E-state index contributed by atoms with van der Waals surface area (Å²) in [6.45, 7) is 1.59. The number of aryl methyl sites for hydroxylation is 1. The van der Waals surface area contributed by atoms with Crippen LogP contribution in [0.15, 0.2) is 36.4 Å². The first-order valence-electron chi connectivity index (χ1n) is 7.11. The first kappa shape index (κ1) is 18.1. The van der Waals surface area contributed by atoms with E-state index >= 15 is 0 Å². The number of carbonyl (C=O) groups is 2. The van der Waals surface area contributed by atoms with Crippen molar-refractivity contribution in [2.24, 2.45) is 0 Å². The summed E-state index contributed by atoms with van der Waals surface area (Å²) in [5.74, 6) is -1.09. The molecule has 0 fully saturated rings. The summed E-state index contributed by atoms with van der Waals surface area (Å²) in [5.41, 5.74) is 7.89. The monoisotopic (exact) mass is 366 g/mol. The highest BCUT2D eigenvalue weighted by molar-refractivity contribution is 6.35. The lowest BCUT2D eigenvalue weighted by Crippen LogP contribution is -2.28. The molecule has 0 atom stereocenters. The fourth-order valence-electron chi connectivity index (χ4n) is 1.98. The van der Waals surface area contributed by atoms with Crippen LogP contribution in [0.25, 0.3) is 0 Å². The predicted octanol–water partition coefficient (Wildman–Crippen LogP) is 3.36. The van der Waals surface area contributed by atoms with Crippen molar-refractivity contribution < 1.29 is 14.3 Å². The Kier molecular flexibility index (Phi) is 6.06. The van der Waals surface area contributed by atoms with E-state index < -0.39 is 18.5 Å². The average Bonchev–Trinajstić information content (AvgIpc) is 2.54. The summed E-state index contributed by atoms with van der Waals surface area (Å²) in [5, 5.41) is 3.58. The minimum atomic E-state index is -0.643. The summed E-state index contributed by atoms with van der Waals surface area (Å²) < 4.78 is 4.98. The summed E-state index contributed by atoms with van der Waals surface area (Å²) >= 11 is 11.8. The quantitative estimate of drug-likeness (QED) is 0.627. The van der Waals surface area contributed by atoms with Crippen LogP contribution in [0.3, 0.4) is 0 Å². The van der Waals surface area contributed by atoms with Gasteiger partial charge in [-0.25, -0.2) is 4.79 Å². The number of rotatable bonds is 5. The number of benzene rings is 2. The Morgan fingerprint density at radius 2 is 1.96 bits per heavy atom. The Morgan fingerprint density at radius 3 is 2.67 bits per heavy atom. The third-order valence-electron chi connectivity index (χ3n) is 3.37. The largest absolute Gasteiger partial charge is 0.452 e. The SMILES string of the molecule is Cc1cccc(C(=O)OCC(=O)NCc2ccc(Cl)cc2Cl)c1N. The van der Waals surface area contributed by atoms with Gasteiger partial charge in [0.1, 0.15) is 0 Å². The van der Waals surface area contributed by atoms with Crippen molar-refractivity contribution in [3.05, 3.63) is 63.1 Å². The molecule has 0 unspecified atom stereocenters. The maximum Gasteiger partial charge on any atom is 0.340 e. The van der Waals surface area contributed by atoms with Gasteiger partial charge in [-0.15, -0.1) is 0 Å². The van der Waals surface area contributed by atoms with E-state index in [-0.39, 0.29) is 12.1 Å². The van der Waals surface area contributed by atoms with Gasteiger partial charge in [-0.3, -0.25) is 4.79 Å². The average molecular weight is 367 g/mol. The zero-order valence-corrected chi connectivity index (χ0v) is 14.4. The van der Waals surface area contributed by atoms with Crippen LogP contribution in [0.2, 0.25) is 10.0 Å². The normalized spacial score (nSPS) is 10.3. The highest BCUT2D eigenvalue weighted by Crippen LogP contribution is 2.20. The van der Waals surface area contributed by atoms with E-state index in [1.165, 1.54) is 0 Å². The molecular formula is C17H16Cl2N2O3. The summed E-state index contributed by atoms with van der Waals surface area (Å²) in [6.07, 6.45) is 0. The van der Waals surface area contributed by atoms with Crippen LogP contribution in [0.5, 0.6) is 0 Å². The minimum Gasteiger partial charge on any atom is -0.452 e. The van der Waals surface area contributed by atoms with E-state index in [0.29, 0.717) is 21.3 Å². The lowest BCUT2D eigenvalue weighted by molar-refractivity contribution is -0.124. The van der Waals surface area contributed by atoms with Gasteiger partial charge in [0, 0.05) is 22.3 Å². The molecule has 3 N–H and O–H groups in total. The molecule has 0 radical (unpaired) electrons. The number of hydrogen-bond donors (Lipinski definition) is 2. The van der Waals surface area contributed by atoms with Gasteiger partial charge < -0.3 is 15.8 Å². The second-order valence-electron chi connectivity index (χ2n) is 5.12. The molecule has 0 bridgehead atoms. The van der Waals surface area contributed by atoms with Crippen LogP contribution in [-0.4, -0.2) is 18.5 Å². The molecule has 1 amide bonds. The zero-order chi connectivity index (χ0) is 17.7. The number of nitrogen functional groups attached to an aromatic ring is 1. The van der Waals surface area contributed by atoms with E-state index in [9.17, 15) is 9.59 Å². The van der Waals surface area contributed by atoms with Gasteiger partial charge in [-0.2, -0.15) is 0 Å². The number of amides is 1. The molecule has 126 valence electrons. The van der Waals surface area contributed by atoms with E-state index in [4.69, 9.17) is 33.7 Å². The van der Waals surface area contributed by atoms with Crippen molar-refractivity contribution in [1.82, 2.24) is 5.32 Å². The second-order valence-corrected chi connectivity index (χ2v) is 5.97. The fraction of sp³-hybridized carbons (Fsp3) is 0.176. The van der Waals surface area contributed by atoms with Crippen molar-refractivity contribution in [2.75, 3.05) is 12.3 Å². The molecule has 0 aliphatic carbocycles. The number of anilines is 1. The molecule has 5 nitrogen and oxygen atoms in total. The maximum absolute atomic E-state index is 12.0. The Balaban J connectivity index is 1.87. The van der Waals surface area contributed by atoms with Gasteiger partial charge in [-0.05, 0) is 36.2 Å². The molecule has 0 spiro atoms. The number of esters is 1. The molecule has 0 saturated heterocycles. The number of halogens is 2. The van der Waals surface area contributed by atoms with Gasteiger partial charge in [0.15, 0.2) is 6.61 Å². The Labute approximate surface area is 149 Å². The molecule has 2 rings (SSSR count).